The molecule has 1 unspecified atom stereocenters. The lowest BCUT2D eigenvalue weighted by molar-refractivity contribution is 0.198. The zero-order valence-electron chi connectivity index (χ0n) is 18.2. The Hall–Kier alpha value is -1.19. The first kappa shape index (κ1) is 24.5. The van der Waals surface area contributed by atoms with Crippen molar-refractivity contribution in [1.29, 1.82) is 0 Å². The van der Waals surface area contributed by atoms with E-state index in [-0.39, 0.29) is 24.0 Å². The Balaban J connectivity index is 0.00000272. The summed E-state index contributed by atoms with van der Waals surface area (Å²) in [5.41, 5.74) is 1.40. The lowest BCUT2D eigenvalue weighted by Gasteiger charge is -2.34. The monoisotopic (exact) mass is 554 g/mol. The highest BCUT2D eigenvalue weighted by Gasteiger charge is 2.22. The van der Waals surface area contributed by atoms with Crippen molar-refractivity contribution in [3.8, 4) is 0 Å². The molecule has 2 aliphatic rings. The Kier molecular flexibility index (Phi) is 10.6. The van der Waals surface area contributed by atoms with Crippen molar-refractivity contribution in [3.63, 3.8) is 0 Å². The molecule has 31 heavy (non-hydrogen) atoms. The average molecular weight is 555 g/mol. The number of halogens is 1. The Bertz CT molecular complexity index is 757. The van der Waals surface area contributed by atoms with Gasteiger partial charge in [0.15, 0.2) is 5.96 Å². The van der Waals surface area contributed by atoms with Gasteiger partial charge in [-0.15, -0.1) is 24.0 Å². The molecule has 0 aliphatic carbocycles. The van der Waals surface area contributed by atoms with E-state index in [2.05, 4.69) is 45.9 Å². The maximum Gasteiger partial charge on any atom is 0.191 e. The molecule has 2 aliphatic heterocycles. The summed E-state index contributed by atoms with van der Waals surface area (Å²) in [4.78, 5) is 7.45. The molecule has 0 amide bonds. The molecule has 0 spiro atoms. The van der Waals surface area contributed by atoms with E-state index in [9.17, 15) is 0 Å². The molecule has 2 N–H and O–H groups in total. The van der Waals surface area contributed by atoms with Crippen LogP contribution in [-0.4, -0.2) is 54.1 Å². The predicted octanol–water partition coefficient (Wildman–Crippen LogP) is 4.54. The van der Waals surface area contributed by atoms with Crippen LogP contribution >= 0.6 is 35.7 Å². The number of guanidine groups is 1. The van der Waals surface area contributed by atoms with Crippen LogP contribution in [0.1, 0.15) is 37.0 Å². The molecular formula is C24H35IN4OS. The SMILES string of the molecule is I.c1ccc(CN2CCC(NC(=NCCc3ccco3)NC3CCCSC3)CC2)cc1. The second kappa shape index (κ2) is 13.4. The van der Waals surface area contributed by atoms with Crippen molar-refractivity contribution < 1.29 is 4.42 Å². The number of nitrogens with one attached hydrogen (secondary N) is 2. The van der Waals surface area contributed by atoms with Crippen molar-refractivity contribution >= 4 is 41.7 Å². The summed E-state index contributed by atoms with van der Waals surface area (Å²) in [5.74, 6) is 4.45. The van der Waals surface area contributed by atoms with Crippen molar-refractivity contribution in [2.24, 2.45) is 4.99 Å². The third-order valence-electron chi connectivity index (χ3n) is 5.89. The summed E-state index contributed by atoms with van der Waals surface area (Å²) >= 11 is 2.05. The van der Waals surface area contributed by atoms with Gasteiger partial charge in [-0.05, 0) is 49.1 Å². The van der Waals surface area contributed by atoms with Crippen LogP contribution in [-0.2, 0) is 13.0 Å². The van der Waals surface area contributed by atoms with Crippen LogP contribution in [0.25, 0.3) is 0 Å². The average Bonchev–Trinajstić information content (AvgIpc) is 3.30. The van der Waals surface area contributed by atoms with Crippen LogP contribution in [0.2, 0.25) is 0 Å². The zero-order valence-corrected chi connectivity index (χ0v) is 21.3. The highest BCUT2D eigenvalue weighted by atomic mass is 127. The summed E-state index contributed by atoms with van der Waals surface area (Å²) in [5, 5.41) is 7.45. The molecule has 3 heterocycles. The fourth-order valence-electron chi connectivity index (χ4n) is 4.18. The summed E-state index contributed by atoms with van der Waals surface area (Å²) in [7, 11) is 0. The number of hydrogen-bond acceptors (Lipinski definition) is 4. The van der Waals surface area contributed by atoms with Gasteiger partial charge in [-0.25, -0.2) is 0 Å². The number of rotatable bonds is 7. The number of thioether (sulfide) groups is 1. The van der Waals surface area contributed by atoms with E-state index < -0.39 is 0 Å². The van der Waals surface area contributed by atoms with Gasteiger partial charge in [-0.2, -0.15) is 11.8 Å². The minimum Gasteiger partial charge on any atom is -0.469 e. The number of piperidine rings is 1. The van der Waals surface area contributed by atoms with Gasteiger partial charge in [-0.1, -0.05) is 30.3 Å². The fourth-order valence-corrected chi connectivity index (χ4v) is 5.26. The number of nitrogens with zero attached hydrogens (tertiary/aromatic N) is 2. The number of benzene rings is 1. The van der Waals surface area contributed by atoms with Crippen LogP contribution in [0.3, 0.4) is 0 Å². The lowest BCUT2D eigenvalue weighted by atomic mass is 10.0. The third-order valence-corrected chi connectivity index (χ3v) is 7.10. The summed E-state index contributed by atoms with van der Waals surface area (Å²) in [6.45, 7) is 4.06. The van der Waals surface area contributed by atoms with Gasteiger partial charge in [0.05, 0.1) is 6.26 Å². The molecule has 0 bridgehead atoms. The smallest absolute Gasteiger partial charge is 0.191 e. The van der Waals surface area contributed by atoms with Gasteiger partial charge in [0.2, 0.25) is 0 Å². The first-order valence-electron chi connectivity index (χ1n) is 11.3. The van der Waals surface area contributed by atoms with Gasteiger partial charge >= 0.3 is 0 Å². The van der Waals surface area contributed by atoms with E-state index in [1.54, 1.807) is 6.26 Å². The zero-order chi connectivity index (χ0) is 20.4. The van der Waals surface area contributed by atoms with Crippen molar-refractivity contribution in [3.05, 3.63) is 60.1 Å². The van der Waals surface area contributed by atoms with Crippen LogP contribution < -0.4 is 10.6 Å². The predicted molar refractivity (Wildman–Crippen MR) is 141 cm³/mol. The molecule has 2 aromatic rings. The topological polar surface area (TPSA) is 52.8 Å². The summed E-state index contributed by atoms with van der Waals surface area (Å²) < 4.78 is 5.46. The Labute approximate surface area is 207 Å². The fraction of sp³-hybridized carbons (Fsp3) is 0.542. The largest absolute Gasteiger partial charge is 0.469 e. The van der Waals surface area contributed by atoms with E-state index in [1.807, 2.05) is 23.9 Å². The minimum absolute atomic E-state index is 0. The van der Waals surface area contributed by atoms with Crippen molar-refractivity contribution in [2.75, 3.05) is 31.1 Å². The Morgan fingerprint density at radius 2 is 1.84 bits per heavy atom. The molecule has 1 aromatic heterocycles. The second-order valence-corrected chi connectivity index (χ2v) is 9.45. The number of likely N-dealkylation sites (tertiary alicyclic amines) is 1. The summed E-state index contributed by atoms with van der Waals surface area (Å²) in [6, 6.07) is 15.8. The number of hydrogen-bond donors (Lipinski definition) is 2. The first-order chi connectivity index (χ1) is 14.8. The van der Waals surface area contributed by atoms with Gasteiger partial charge in [0.25, 0.3) is 0 Å². The van der Waals surface area contributed by atoms with E-state index in [0.29, 0.717) is 12.1 Å². The molecule has 0 saturated carbocycles. The standard InChI is InChI=1S/C24H34N4OS.HI/c1-2-6-20(7-3-1)18-28-14-11-21(12-15-28)26-24(27-22-8-5-17-30-19-22)25-13-10-23-9-4-16-29-23;/h1-4,6-7,9,16,21-22H,5,8,10-15,17-19H2,(H2,25,26,27);1H. The Morgan fingerprint density at radius 3 is 2.55 bits per heavy atom. The summed E-state index contributed by atoms with van der Waals surface area (Å²) in [6.07, 6.45) is 7.42. The second-order valence-electron chi connectivity index (χ2n) is 8.30. The molecule has 2 saturated heterocycles. The van der Waals surface area contributed by atoms with Gasteiger partial charge in [0.1, 0.15) is 5.76 Å². The van der Waals surface area contributed by atoms with E-state index in [1.165, 1.54) is 29.9 Å². The molecule has 0 radical (unpaired) electrons. The van der Waals surface area contributed by atoms with Gasteiger partial charge < -0.3 is 15.1 Å². The van der Waals surface area contributed by atoms with Gasteiger partial charge in [-0.3, -0.25) is 9.89 Å². The highest BCUT2D eigenvalue weighted by molar-refractivity contribution is 14.0. The van der Waals surface area contributed by atoms with Crippen LogP contribution in [0, 0.1) is 0 Å². The molecule has 7 heteroatoms. The van der Waals surface area contributed by atoms with Crippen LogP contribution in [0.4, 0.5) is 0 Å². The van der Waals surface area contributed by atoms with E-state index >= 15 is 0 Å². The highest BCUT2D eigenvalue weighted by Crippen LogP contribution is 2.17. The number of aliphatic imine (C=N–C) groups is 1. The molecule has 170 valence electrons. The van der Waals surface area contributed by atoms with Gasteiger partial charge in [0, 0.05) is 50.4 Å². The minimum atomic E-state index is 0. The van der Waals surface area contributed by atoms with E-state index in [4.69, 9.17) is 9.41 Å². The van der Waals surface area contributed by atoms with E-state index in [0.717, 1.165) is 57.2 Å². The number of furan rings is 1. The maximum atomic E-state index is 5.46. The molecular weight excluding hydrogens is 519 g/mol. The lowest BCUT2D eigenvalue weighted by Crippen LogP contribution is -2.51. The molecule has 5 nitrogen and oxygen atoms in total. The maximum absolute atomic E-state index is 5.46. The molecule has 4 rings (SSSR count). The quantitative estimate of drug-likeness (QED) is 0.299. The van der Waals surface area contributed by atoms with Crippen LogP contribution in [0.15, 0.2) is 58.1 Å². The van der Waals surface area contributed by atoms with Crippen molar-refractivity contribution in [2.45, 2.75) is 50.7 Å². The van der Waals surface area contributed by atoms with Crippen LogP contribution in [0.5, 0.6) is 0 Å². The first-order valence-corrected chi connectivity index (χ1v) is 12.4. The van der Waals surface area contributed by atoms with Crippen molar-refractivity contribution in [1.82, 2.24) is 15.5 Å². The molecule has 1 aromatic carbocycles. The normalized spacial score (nSPS) is 20.8. The molecule has 2 fully saturated rings. The third kappa shape index (κ3) is 8.35. The molecule has 1 atom stereocenters. The Morgan fingerprint density at radius 1 is 1.03 bits per heavy atom.